The van der Waals surface area contributed by atoms with Gasteiger partial charge in [0.05, 0.1) is 23.2 Å². The summed E-state index contributed by atoms with van der Waals surface area (Å²) in [6, 6.07) is 18.8. The number of nitrogens with zero attached hydrogens (tertiary/aromatic N) is 1. The number of phenols is 1. The van der Waals surface area contributed by atoms with Gasteiger partial charge in [0.2, 0.25) is 0 Å². The van der Waals surface area contributed by atoms with Crippen LogP contribution in [0.5, 0.6) is 11.5 Å². The number of amides is 1. The van der Waals surface area contributed by atoms with Crippen molar-refractivity contribution in [3.63, 3.8) is 0 Å². The number of para-hydroxylation sites is 1. The van der Waals surface area contributed by atoms with E-state index in [1.807, 2.05) is 6.92 Å². The first-order valence-corrected chi connectivity index (χ1v) is 10.4. The molecule has 7 heteroatoms. The predicted molar refractivity (Wildman–Crippen MR) is 122 cm³/mol. The fraction of sp³-hybridized carbons (Fsp3) is 0.120. The number of ether oxygens (including phenoxy) is 1. The Morgan fingerprint density at radius 3 is 2.34 bits per heavy atom. The normalized spacial score (nSPS) is 17.6. The third kappa shape index (κ3) is 3.81. The van der Waals surface area contributed by atoms with E-state index in [1.165, 1.54) is 17.0 Å². The number of halogens is 1. The second kappa shape index (κ2) is 8.77. The molecule has 1 atom stereocenters. The van der Waals surface area contributed by atoms with Crippen molar-refractivity contribution in [1.82, 2.24) is 0 Å². The van der Waals surface area contributed by atoms with Crippen LogP contribution in [0.4, 0.5) is 5.69 Å². The van der Waals surface area contributed by atoms with Crippen molar-refractivity contribution < 1.29 is 24.5 Å². The van der Waals surface area contributed by atoms with Crippen molar-refractivity contribution in [2.75, 3.05) is 11.5 Å². The second-order valence-corrected chi connectivity index (χ2v) is 7.58. The molecule has 1 saturated heterocycles. The van der Waals surface area contributed by atoms with E-state index in [0.29, 0.717) is 29.2 Å². The number of hydrogen-bond donors (Lipinski definition) is 2. The zero-order chi connectivity index (χ0) is 22.8. The lowest BCUT2D eigenvalue weighted by atomic mass is 9.95. The lowest BCUT2D eigenvalue weighted by molar-refractivity contribution is -0.132. The molecule has 4 rings (SSSR count). The van der Waals surface area contributed by atoms with Gasteiger partial charge >= 0.3 is 0 Å². The van der Waals surface area contributed by atoms with Gasteiger partial charge in [0, 0.05) is 11.3 Å². The number of aromatic hydroxyl groups is 1. The lowest BCUT2D eigenvalue weighted by Crippen LogP contribution is -2.29. The Bertz CT molecular complexity index is 1200. The summed E-state index contributed by atoms with van der Waals surface area (Å²) >= 11 is 6.12. The van der Waals surface area contributed by atoms with E-state index in [-0.39, 0.29) is 22.1 Å². The molecule has 32 heavy (non-hydrogen) atoms. The highest BCUT2D eigenvalue weighted by atomic mass is 35.5. The molecule has 6 nitrogen and oxygen atoms in total. The molecular formula is C25H20ClNO5. The highest BCUT2D eigenvalue weighted by Crippen LogP contribution is 2.43. The number of aliphatic hydroxyl groups is 1. The van der Waals surface area contributed by atoms with Crippen molar-refractivity contribution in [2.24, 2.45) is 0 Å². The maximum atomic E-state index is 13.1. The van der Waals surface area contributed by atoms with Crippen molar-refractivity contribution in [3.05, 3.63) is 94.5 Å². The smallest absolute Gasteiger partial charge is 0.300 e. The third-order valence-corrected chi connectivity index (χ3v) is 5.51. The van der Waals surface area contributed by atoms with Gasteiger partial charge in [0.25, 0.3) is 11.7 Å². The number of Topliss-reactive ketones (excluding diaryl/α,β-unsaturated/α-hetero) is 1. The summed E-state index contributed by atoms with van der Waals surface area (Å²) in [4.78, 5) is 27.5. The van der Waals surface area contributed by atoms with Crippen LogP contribution in [0, 0.1) is 0 Å². The average Bonchev–Trinajstić information content (AvgIpc) is 3.07. The van der Waals surface area contributed by atoms with Crippen molar-refractivity contribution in [2.45, 2.75) is 13.0 Å². The molecule has 1 amide bonds. The van der Waals surface area contributed by atoms with Crippen LogP contribution in [0.15, 0.2) is 78.4 Å². The van der Waals surface area contributed by atoms with Gasteiger partial charge in [0.15, 0.2) is 0 Å². The third-order valence-electron chi connectivity index (χ3n) is 5.21. The Morgan fingerprint density at radius 1 is 1.03 bits per heavy atom. The lowest BCUT2D eigenvalue weighted by Gasteiger charge is -2.25. The summed E-state index contributed by atoms with van der Waals surface area (Å²) in [7, 11) is 0. The van der Waals surface area contributed by atoms with Crippen LogP contribution in [0.1, 0.15) is 24.1 Å². The Kier molecular flexibility index (Phi) is 5.88. The first kappa shape index (κ1) is 21.5. The number of aliphatic hydroxyl groups excluding tert-OH is 1. The topological polar surface area (TPSA) is 87.1 Å². The molecule has 2 N–H and O–H groups in total. The number of phenolic OH excluding ortho intramolecular Hbond substituents is 1. The highest BCUT2D eigenvalue weighted by Gasteiger charge is 2.47. The van der Waals surface area contributed by atoms with E-state index in [9.17, 15) is 19.8 Å². The van der Waals surface area contributed by atoms with E-state index >= 15 is 0 Å². The molecule has 1 unspecified atom stereocenters. The van der Waals surface area contributed by atoms with E-state index in [4.69, 9.17) is 16.3 Å². The van der Waals surface area contributed by atoms with Gasteiger partial charge in [-0.25, -0.2) is 0 Å². The van der Waals surface area contributed by atoms with Gasteiger partial charge in [-0.1, -0.05) is 35.9 Å². The van der Waals surface area contributed by atoms with Crippen molar-refractivity contribution >= 4 is 34.7 Å². The monoisotopic (exact) mass is 449 g/mol. The summed E-state index contributed by atoms with van der Waals surface area (Å²) in [5, 5.41) is 21.0. The van der Waals surface area contributed by atoms with E-state index in [0.717, 1.165) is 0 Å². The highest BCUT2D eigenvalue weighted by molar-refractivity contribution is 6.51. The van der Waals surface area contributed by atoms with Gasteiger partial charge in [-0.05, 0) is 61.0 Å². The Balaban J connectivity index is 1.90. The van der Waals surface area contributed by atoms with Crippen molar-refractivity contribution in [1.29, 1.82) is 0 Å². The molecule has 0 aliphatic carbocycles. The van der Waals surface area contributed by atoms with Crippen LogP contribution in [0.3, 0.4) is 0 Å². The number of carbonyl (C=O) groups excluding carboxylic acids is 2. The Labute approximate surface area is 189 Å². The molecule has 3 aromatic rings. The number of ketones is 1. The first-order valence-electron chi connectivity index (χ1n) is 10.00. The zero-order valence-electron chi connectivity index (χ0n) is 17.2. The van der Waals surface area contributed by atoms with Crippen molar-refractivity contribution in [3.8, 4) is 11.5 Å². The summed E-state index contributed by atoms with van der Waals surface area (Å²) < 4.78 is 5.43. The molecule has 0 saturated carbocycles. The summed E-state index contributed by atoms with van der Waals surface area (Å²) in [5.74, 6) is -1.39. The number of anilines is 1. The van der Waals surface area contributed by atoms with Crippen LogP contribution in [-0.4, -0.2) is 28.5 Å². The molecule has 1 fully saturated rings. The molecule has 1 aliphatic heterocycles. The predicted octanol–water partition coefficient (Wildman–Crippen LogP) is 5.07. The van der Waals surface area contributed by atoms with Crippen LogP contribution < -0.4 is 9.64 Å². The molecule has 0 spiro atoms. The Morgan fingerprint density at radius 2 is 1.72 bits per heavy atom. The van der Waals surface area contributed by atoms with Gasteiger partial charge in [-0.2, -0.15) is 0 Å². The van der Waals surface area contributed by atoms with Crippen LogP contribution in [0.25, 0.3) is 5.76 Å². The number of hydrogen-bond acceptors (Lipinski definition) is 5. The minimum atomic E-state index is -0.929. The van der Waals surface area contributed by atoms with E-state index < -0.39 is 17.7 Å². The fourth-order valence-corrected chi connectivity index (χ4v) is 3.92. The van der Waals surface area contributed by atoms with Crippen LogP contribution in [-0.2, 0) is 9.59 Å². The maximum Gasteiger partial charge on any atom is 0.300 e. The van der Waals surface area contributed by atoms with Gasteiger partial charge < -0.3 is 14.9 Å². The number of carbonyl (C=O) groups is 2. The van der Waals surface area contributed by atoms with E-state index in [2.05, 4.69) is 0 Å². The molecule has 3 aromatic carbocycles. The summed E-state index contributed by atoms with van der Waals surface area (Å²) in [6.07, 6.45) is 0. The largest absolute Gasteiger partial charge is 0.507 e. The number of benzene rings is 3. The quantitative estimate of drug-likeness (QED) is 0.322. The zero-order valence-corrected chi connectivity index (χ0v) is 17.9. The Hall–Kier alpha value is -3.77. The average molecular weight is 450 g/mol. The molecular weight excluding hydrogens is 430 g/mol. The second-order valence-electron chi connectivity index (χ2n) is 7.17. The van der Waals surface area contributed by atoms with Crippen LogP contribution >= 0.6 is 11.6 Å². The summed E-state index contributed by atoms with van der Waals surface area (Å²) in [6.45, 7) is 2.36. The molecule has 0 aromatic heterocycles. The molecule has 1 aliphatic rings. The maximum absolute atomic E-state index is 13.1. The van der Waals surface area contributed by atoms with Crippen LogP contribution in [0.2, 0.25) is 5.02 Å². The SMILES string of the molecule is CCOc1ccc(/C(O)=C2/C(=O)C(=O)N(c3ccccc3)C2c2ccc(O)c(Cl)c2)cc1. The molecule has 1 heterocycles. The number of rotatable bonds is 5. The minimum absolute atomic E-state index is 0.0650. The van der Waals surface area contributed by atoms with Gasteiger partial charge in [-0.3, -0.25) is 14.5 Å². The molecule has 162 valence electrons. The van der Waals surface area contributed by atoms with Gasteiger partial charge in [0.1, 0.15) is 17.3 Å². The minimum Gasteiger partial charge on any atom is -0.507 e. The molecule has 0 radical (unpaired) electrons. The summed E-state index contributed by atoms with van der Waals surface area (Å²) in [5.41, 5.74) is 1.28. The molecule has 0 bridgehead atoms. The van der Waals surface area contributed by atoms with E-state index in [1.54, 1.807) is 60.7 Å². The first-order chi connectivity index (χ1) is 15.4. The standard InChI is InChI=1S/C25H20ClNO5/c1-2-32-18-11-8-15(9-12-18)23(29)21-22(16-10-13-20(28)19(26)14-16)27(25(31)24(21)30)17-6-4-3-5-7-17/h3-14,22,28-29H,2H2,1H3/b23-21-. The van der Waals surface area contributed by atoms with Gasteiger partial charge in [-0.15, -0.1) is 0 Å². The fourth-order valence-electron chi connectivity index (χ4n) is 3.73.